The largest absolute Gasteiger partial charge is 0.467 e. The molecule has 0 unspecified atom stereocenters. The number of fused-ring (bicyclic) bond motifs is 1. The highest BCUT2D eigenvalue weighted by molar-refractivity contribution is 9.10. The van der Waals surface area contributed by atoms with Gasteiger partial charge >= 0.3 is 0 Å². The van der Waals surface area contributed by atoms with E-state index in [2.05, 4.69) is 22.0 Å². The van der Waals surface area contributed by atoms with E-state index < -0.39 is 0 Å². The average Bonchev–Trinajstić information content (AvgIpc) is 2.95. The van der Waals surface area contributed by atoms with E-state index in [1.807, 2.05) is 17.0 Å². The number of benzene rings is 1. The van der Waals surface area contributed by atoms with Crippen molar-refractivity contribution in [2.45, 2.75) is 19.5 Å². The molecule has 0 saturated heterocycles. The van der Waals surface area contributed by atoms with Crippen LogP contribution in [0.3, 0.4) is 0 Å². The van der Waals surface area contributed by atoms with Crippen molar-refractivity contribution < 1.29 is 9.21 Å². The Balaban J connectivity index is 1.83. The Morgan fingerprint density at radius 3 is 3.05 bits per heavy atom. The fourth-order valence-corrected chi connectivity index (χ4v) is 3.03. The molecule has 2 aromatic rings. The second kappa shape index (κ2) is 5.42. The van der Waals surface area contributed by atoms with Gasteiger partial charge < -0.3 is 15.1 Å². The zero-order valence-corrected chi connectivity index (χ0v) is 12.5. The molecule has 1 aromatic carbocycles. The topological polar surface area (TPSA) is 59.5 Å². The normalized spacial score (nSPS) is 14.2. The van der Waals surface area contributed by atoms with Crippen LogP contribution in [0.4, 0.5) is 0 Å². The lowest BCUT2D eigenvalue weighted by Gasteiger charge is -2.29. The Bertz CT molecular complexity index is 651. The number of halogens is 1. The van der Waals surface area contributed by atoms with Gasteiger partial charge in [-0.2, -0.15) is 0 Å². The summed E-state index contributed by atoms with van der Waals surface area (Å²) < 4.78 is 6.29. The third-order valence-electron chi connectivity index (χ3n) is 3.61. The maximum Gasteiger partial charge on any atom is 0.257 e. The summed E-state index contributed by atoms with van der Waals surface area (Å²) in [7, 11) is 0. The van der Waals surface area contributed by atoms with Crippen LogP contribution in [0.5, 0.6) is 0 Å². The first-order valence-electron chi connectivity index (χ1n) is 6.52. The molecule has 1 aliphatic heterocycles. The molecule has 0 saturated carbocycles. The van der Waals surface area contributed by atoms with Crippen molar-refractivity contribution in [3.05, 3.63) is 57.5 Å². The van der Waals surface area contributed by atoms with Crippen molar-refractivity contribution in [3.8, 4) is 0 Å². The van der Waals surface area contributed by atoms with E-state index in [0.717, 1.165) is 17.4 Å². The lowest BCUT2D eigenvalue weighted by molar-refractivity contribution is 0.0733. The second-order valence-corrected chi connectivity index (χ2v) is 5.71. The first-order chi connectivity index (χ1) is 9.69. The first-order valence-corrected chi connectivity index (χ1v) is 7.31. The number of nitrogens with two attached hydrogens (primary N) is 1. The Hall–Kier alpha value is -1.59. The molecule has 1 aromatic heterocycles. The van der Waals surface area contributed by atoms with Gasteiger partial charge in [-0.3, -0.25) is 4.79 Å². The first kappa shape index (κ1) is 13.4. The maximum absolute atomic E-state index is 12.5. The fourth-order valence-electron chi connectivity index (χ4n) is 2.50. The Morgan fingerprint density at radius 1 is 1.45 bits per heavy atom. The summed E-state index contributed by atoms with van der Waals surface area (Å²) >= 11 is 3.56. The van der Waals surface area contributed by atoms with Gasteiger partial charge in [-0.1, -0.05) is 28.1 Å². The van der Waals surface area contributed by atoms with Gasteiger partial charge in [0.05, 0.1) is 12.1 Å². The highest BCUT2D eigenvalue weighted by Gasteiger charge is 2.24. The number of carbonyl (C=O) groups excluding carboxylic acids is 1. The van der Waals surface area contributed by atoms with Crippen molar-refractivity contribution in [1.82, 2.24) is 4.90 Å². The Morgan fingerprint density at radius 2 is 2.30 bits per heavy atom. The van der Waals surface area contributed by atoms with Crippen molar-refractivity contribution in [2.24, 2.45) is 5.73 Å². The van der Waals surface area contributed by atoms with Gasteiger partial charge in [-0.15, -0.1) is 0 Å². The zero-order chi connectivity index (χ0) is 14.1. The van der Waals surface area contributed by atoms with Gasteiger partial charge in [0.2, 0.25) is 0 Å². The minimum absolute atomic E-state index is 0.00477. The number of carbonyl (C=O) groups is 1. The van der Waals surface area contributed by atoms with Gasteiger partial charge in [-0.05, 0) is 29.7 Å². The second-order valence-electron chi connectivity index (χ2n) is 4.86. The van der Waals surface area contributed by atoms with E-state index in [1.54, 1.807) is 6.07 Å². The van der Waals surface area contributed by atoms with Crippen molar-refractivity contribution in [2.75, 3.05) is 6.54 Å². The number of hydrogen-bond donors (Lipinski definition) is 1. The SMILES string of the molecule is NCc1cc(C(=O)N2CCc3cccc(Br)c3C2)co1. The molecular formula is C15H15BrN2O2. The molecule has 0 radical (unpaired) electrons. The van der Waals surface area contributed by atoms with Crippen LogP contribution in [-0.4, -0.2) is 17.4 Å². The highest BCUT2D eigenvalue weighted by atomic mass is 79.9. The molecule has 1 amide bonds. The third kappa shape index (κ3) is 2.39. The van der Waals surface area contributed by atoms with Crippen LogP contribution >= 0.6 is 15.9 Å². The number of hydrogen-bond acceptors (Lipinski definition) is 3. The van der Waals surface area contributed by atoms with Crippen LogP contribution in [0.15, 0.2) is 39.4 Å². The summed E-state index contributed by atoms with van der Waals surface area (Å²) in [5.74, 6) is 0.627. The quantitative estimate of drug-likeness (QED) is 0.918. The number of furan rings is 1. The maximum atomic E-state index is 12.5. The van der Waals surface area contributed by atoms with Crippen LogP contribution in [0.25, 0.3) is 0 Å². The smallest absolute Gasteiger partial charge is 0.257 e. The van der Waals surface area contributed by atoms with Gasteiger partial charge in [0.25, 0.3) is 5.91 Å². The van der Waals surface area contributed by atoms with Gasteiger partial charge in [-0.25, -0.2) is 0 Å². The summed E-state index contributed by atoms with van der Waals surface area (Å²) in [6, 6.07) is 7.88. The molecule has 3 rings (SSSR count). The van der Waals surface area contributed by atoms with Crippen LogP contribution in [0, 0.1) is 0 Å². The van der Waals surface area contributed by atoms with Crippen molar-refractivity contribution in [1.29, 1.82) is 0 Å². The van der Waals surface area contributed by atoms with Gasteiger partial charge in [0, 0.05) is 17.6 Å². The predicted molar refractivity (Wildman–Crippen MR) is 79.2 cm³/mol. The Kier molecular flexibility index (Phi) is 3.63. The van der Waals surface area contributed by atoms with Crippen LogP contribution in [0.2, 0.25) is 0 Å². The third-order valence-corrected chi connectivity index (χ3v) is 4.35. The average molecular weight is 335 g/mol. The van der Waals surface area contributed by atoms with Crippen LogP contribution in [-0.2, 0) is 19.5 Å². The molecule has 0 bridgehead atoms. The summed E-state index contributed by atoms with van der Waals surface area (Å²) in [4.78, 5) is 14.3. The summed E-state index contributed by atoms with van der Waals surface area (Å²) in [6.07, 6.45) is 2.36. The number of amides is 1. The van der Waals surface area contributed by atoms with E-state index in [0.29, 0.717) is 24.4 Å². The molecule has 2 N–H and O–H groups in total. The van der Waals surface area contributed by atoms with E-state index in [4.69, 9.17) is 10.2 Å². The standard InChI is InChI=1S/C15H15BrN2O2/c16-14-3-1-2-10-4-5-18(8-13(10)14)15(19)11-6-12(7-17)20-9-11/h1-3,6,9H,4-5,7-8,17H2. The van der Waals surface area contributed by atoms with E-state index in [-0.39, 0.29) is 5.91 Å². The molecule has 0 aliphatic carbocycles. The van der Waals surface area contributed by atoms with Crippen LogP contribution in [0.1, 0.15) is 27.2 Å². The molecule has 20 heavy (non-hydrogen) atoms. The molecule has 0 fully saturated rings. The molecule has 0 spiro atoms. The molecule has 4 nitrogen and oxygen atoms in total. The van der Waals surface area contributed by atoms with Crippen molar-refractivity contribution in [3.63, 3.8) is 0 Å². The molecule has 104 valence electrons. The van der Waals surface area contributed by atoms with Crippen molar-refractivity contribution >= 4 is 21.8 Å². The lowest BCUT2D eigenvalue weighted by atomic mass is 9.99. The molecule has 2 heterocycles. The summed E-state index contributed by atoms with van der Waals surface area (Å²) in [5.41, 5.74) is 8.56. The fraction of sp³-hybridized carbons (Fsp3) is 0.267. The van der Waals surface area contributed by atoms with Gasteiger partial charge in [0.15, 0.2) is 0 Å². The number of rotatable bonds is 2. The molecule has 1 aliphatic rings. The van der Waals surface area contributed by atoms with Crippen LogP contribution < -0.4 is 5.73 Å². The minimum atomic E-state index is -0.00477. The number of nitrogens with zero attached hydrogens (tertiary/aromatic N) is 1. The molecule has 0 atom stereocenters. The lowest BCUT2D eigenvalue weighted by Crippen LogP contribution is -2.35. The minimum Gasteiger partial charge on any atom is -0.467 e. The zero-order valence-electron chi connectivity index (χ0n) is 10.9. The monoisotopic (exact) mass is 334 g/mol. The summed E-state index contributed by atoms with van der Waals surface area (Å²) in [6.45, 7) is 1.66. The van der Waals surface area contributed by atoms with Gasteiger partial charge in [0.1, 0.15) is 12.0 Å². The highest BCUT2D eigenvalue weighted by Crippen LogP contribution is 2.27. The van der Waals surface area contributed by atoms with E-state index >= 15 is 0 Å². The molecule has 5 heteroatoms. The molecular weight excluding hydrogens is 320 g/mol. The Labute approximate surface area is 125 Å². The van der Waals surface area contributed by atoms with E-state index in [1.165, 1.54) is 17.4 Å². The van der Waals surface area contributed by atoms with E-state index in [9.17, 15) is 4.79 Å². The summed E-state index contributed by atoms with van der Waals surface area (Å²) in [5, 5.41) is 0. The predicted octanol–water partition coefficient (Wildman–Crippen LogP) is 2.70.